The molecule has 0 aromatic carbocycles. The minimum atomic E-state index is -0.143. The van der Waals surface area contributed by atoms with Gasteiger partial charge in [0.15, 0.2) is 11.5 Å². The number of aromatic amines is 1. The molecule has 0 bridgehead atoms. The van der Waals surface area contributed by atoms with Crippen LogP contribution in [-0.4, -0.2) is 37.8 Å². The van der Waals surface area contributed by atoms with E-state index in [0.29, 0.717) is 22.4 Å². The fourth-order valence-corrected chi connectivity index (χ4v) is 6.41. The smallest absolute Gasteiger partial charge is 0.158 e. The van der Waals surface area contributed by atoms with Crippen LogP contribution in [-0.2, 0) is 4.74 Å². The van der Waals surface area contributed by atoms with Crippen LogP contribution in [0.4, 0.5) is 4.39 Å². The lowest BCUT2D eigenvalue weighted by Crippen LogP contribution is -2.41. The van der Waals surface area contributed by atoms with Gasteiger partial charge in [-0.15, -0.1) is 0 Å². The van der Waals surface area contributed by atoms with Crippen molar-refractivity contribution < 1.29 is 9.13 Å². The number of nitrogens with one attached hydrogen (secondary N) is 1. The molecule has 0 atom stereocenters. The van der Waals surface area contributed by atoms with Crippen LogP contribution in [0, 0.1) is 24.1 Å². The molecule has 2 aliphatic rings. The van der Waals surface area contributed by atoms with E-state index in [0.717, 1.165) is 72.4 Å². The van der Waals surface area contributed by atoms with Crippen molar-refractivity contribution >= 4 is 16.6 Å². The Kier molecular flexibility index (Phi) is 5.44. The molecule has 6 rings (SSSR count). The maximum Gasteiger partial charge on any atom is 0.158 e. The van der Waals surface area contributed by atoms with Crippen LogP contribution in [0.1, 0.15) is 81.5 Å². The van der Waals surface area contributed by atoms with Crippen molar-refractivity contribution in [3.05, 3.63) is 47.4 Å². The van der Waals surface area contributed by atoms with E-state index in [1.165, 1.54) is 6.42 Å². The van der Waals surface area contributed by atoms with E-state index in [4.69, 9.17) is 4.74 Å². The number of fused-ring (bicyclic) bond motifs is 2. The van der Waals surface area contributed by atoms with Gasteiger partial charge in [-0.25, -0.2) is 13.9 Å². The molecule has 1 N–H and O–H groups in total. The number of nitrogens with zero attached hydrogens (tertiary/aromatic N) is 4. The molecule has 0 radical (unpaired) electrons. The lowest BCUT2D eigenvalue weighted by Gasteiger charge is -2.42. The molecule has 5 heterocycles. The quantitative estimate of drug-likeness (QED) is 0.356. The second kappa shape index (κ2) is 8.40. The molecule has 1 aliphatic heterocycles. The van der Waals surface area contributed by atoms with Gasteiger partial charge in [0, 0.05) is 28.5 Å². The number of ether oxygens (including phenoxy) is 1. The highest BCUT2D eigenvalue weighted by atomic mass is 19.1. The van der Waals surface area contributed by atoms with E-state index in [1.54, 1.807) is 10.8 Å². The topological polar surface area (TPSA) is 68.1 Å². The van der Waals surface area contributed by atoms with E-state index >= 15 is 4.39 Å². The van der Waals surface area contributed by atoms with Gasteiger partial charge in [-0.3, -0.25) is 4.98 Å². The lowest BCUT2D eigenvalue weighted by molar-refractivity contribution is -0.115. The molecule has 35 heavy (non-hydrogen) atoms. The molecule has 0 spiro atoms. The lowest BCUT2D eigenvalue weighted by atomic mass is 9.71. The van der Waals surface area contributed by atoms with E-state index < -0.39 is 0 Å². The van der Waals surface area contributed by atoms with Gasteiger partial charge in [0.1, 0.15) is 6.33 Å². The summed E-state index contributed by atoms with van der Waals surface area (Å²) in [4.78, 5) is 12.5. The SMILES string of the molecule is Cc1cc(-c2[nH]c3cnc(C4CCC(CC5(C)COC5)CC4)c(F)c3c2C(C)C)cn2ncnc12. The predicted octanol–water partition coefficient (Wildman–Crippen LogP) is 6.54. The van der Waals surface area contributed by atoms with E-state index in [9.17, 15) is 0 Å². The Morgan fingerprint density at radius 1 is 1.20 bits per heavy atom. The largest absolute Gasteiger partial charge is 0.380 e. The minimum absolute atomic E-state index is 0.143. The van der Waals surface area contributed by atoms with Crippen molar-refractivity contribution in [2.75, 3.05) is 13.2 Å². The second-order valence-corrected chi connectivity index (χ2v) is 11.5. The normalized spacial score (nSPS) is 22.2. The fraction of sp³-hybridized carbons (Fsp3) is 0.536. The molecule has 0 amide bonds. The third kappa shape index (κ3) is 3.84. The van der Waals surface area contributed by atoms with Gasteiger partial charge < -0.3 is 9.72 Å². The summed E-state index contributed by atoms with van der Waals surface area (Å²) in [6, 6.07) is 2.10. The summed E-state index contributed by atoms with van der Waals surface area (Å²) in [6.07, 6.45) is 10.9. The Morgan fingerprint density at radius 2 is 1.97 bits per heavy atom. The van der Waals surface area contributed by atoms with Crippen molar-refractivity contribution in [1.29, 1.82) is 0 Å². The van der Waals surface area contributed by atoms with E-state index in [1.807, 2.05) is 19.3 Å². The first-order chi connectivity index (χ1) is 16.8. The molecule has 2 fully saturated rings. The summed E-state index contributed by atoms with van der Waals surface area (Å²) >= 11 is 0. The molecule has 7 heteroatoms. The zero-order valence-corrected chi connectivity index (χ0v) is 21.1. The summed E-state index contributed by atoms with van der Waals surface area (Å²) in [5, 5.41) is 5.01. The van der Waals surface area contributed by atoms with Crippen molar-refractivity contribution in [2.45, 2.75) is 71.6 Å². The van der Waals surface area contributed by atoms with E-state index in [2.05, 4.69) is 46.9 Å². The molecular weight excluding hydrogens is 441 g/mol. The van der Waals surface area contributed by atoms with Crippen LogP contribution in [0.2, 0.25) is 0 Å². The van der Waals surface area contributed by atoms with Crippen molar-refractivity contribution in [2.24, 2.45) is 11.3 Å². The number of hydrogen-bond acceptors (Lipinski definition) is 4. The Balaban J connectivity index is 1.35. The molecule has 1 aliphatic carbocycles. The van der Waals surface area contributed by atoms with E-state index in [-0.39, 0.29) is 17.7 Å². The summed E-state index contributed by atoms with van der Waals surface area (Å²) in [5.74, 6) is 0.909. The molecule has 1 saturated heterocycles. The Morgan fingerprint density at radius 3 is 2.66 bits per heavy atom. The van der Waals surface area contributed by atoms with Crippen LogP contribution in [0.3, 0.4) is 0 Å². The van der Waals surface area contributed by atoms with Crippen molar-refractivity contribution in [3.8, 4) is 11.3 Å². The first-order valence-electron chi connectivity index (χ1n) is 12.9. The molecule has 1 saturated carbocycles. The zero-order valence-electron chi connectivity index (χ0n) is 21.1. The van der Waals surface area contributed by atoms with Gasteiger partial charge in [-0.1, -0.05) is 20.8 Å². The molecule has 4 aromatic heterocycles. The molecular formula is C28H34FN5O. The third-order valence-corrected chi connectivity index (χ3v) is 8.19. The van der Waals surface area contributed by atoms with Gasteiger partial charge in [0.05, 0.1) is 36.3 Å². The summed E-state index contributed by atoms with van der Waals surface area (Å²) < 4.78 is 23.4. The van der Waals surface area contributed by atoms with Crippen LogP contribution < -0.4 is 0 Å². The van der Waals surface area contributed by atoms with Crippen LogP contribution in [0.25, 0.3) is 27.8 Å². The summed E-state index contributed by atoms with van der Waals surface area (Å²) in [6.45, 7) is 10.4. The van der Waals surface area contributed by atoms with Crippen molar-refractivity contribution in [1.82, 2.24) is 24.6 Å². The maximum atomic E-state index is 16.2. The molecule has 0 unspecified atom stereocenters. The number of halogens is 1. The second-order valence-electron chi connectivity index (χ2n) is 11.5. The number of hydrogen-bond donors (Lipinski definition) is 1. The summed E-state index contributed by atoms with van der Waals surface area (Å²) in [7, 11) is 0. The molecule has 184 valence electrons. The average Bonchev–Trinajstić information content (AvgIpc) is 3.44. The number of H-pyrrole nitrogens is 1. The highest BCUT2D eigenvalue weighted by Gasteiger charge is 2.37. The molecule has 6 nitrogen and oxygen atoms in total. The minimum Gasteiger partial charge on any atom is -0.380 e. The molecule has 4 aromatic rings. The van der Waals surface area contributed by atoms with Crippen molar-refractivity contribution in [3.63, 3.8) is 0 Å². The predicted molar refractivity (Wildman–Crippen MR) is 135 cm³/mol. The Bertz CT molecular complexity index is 1390. The number of aromatic nitrogens is 5. The van der Waals surface area contributed by atoms with Crippen LogP contribution in [0.15, 0.2) is 24.8 Å². The average molecular weight is 476 g/mol. The highest BCUT2D eigenvalue weighted by Crippen LogP contribution is 2.45. The van der Waals surface area contributed by atoms with Gasteiger partial charge >= 0.3 is 0 Å². The third-order valence-electron chi connectivity index (χ3n) is 8.19. The van der Waals surface area contributed by atoms with Gasteiger partial charge in [0.25, 0.3) is 0 Å². The van der Waals surface area contributed by atoms with Gasteiger partial charge in [0.2, 0.25) is 0 Å². The number of aryl methyl sites for hydroxylation is 1. The first kappa shape index (κ1) is 22.7. The Hall–Kier alpha value is -2.80. The summed E-state index contributed by atoms with van der Waals surface area (Å²) in [5.41, 5.74) is 6.54. The van der Waals surface area contributed by atoms with Gasteiger partial charge in [-0.05, 0) is 68.1 Å². The maximum absolute atomic E-state index is 16.2. The highest BCUT2D eigenvalue weighted by molar-refractivity contribution is 5.92. The van der Waals surface area contributed by atoms with Crippen LogP contribution in [0.5, 0.6) is 0 Å². The number of rotatable bonds is 5. The van der Waals surface area contributed by atoms with Crippen LogP contribution >= 0.6 is 0 Å². The number of pyridine rings is 2. The van der Waals surface area contributed by atoms with Gasteiger partial charge in [-0.2, -0.15) is 5.10 Å². The Labute approximate surface area is 205 Å². The first-order valence-corrected chi connectivity index (χ1v) is 12.9. The standard InChI is InChI=1S/C28H34FN5O/c1-16(2)22-23-21(33-25(22)20-9-17(3)27-31-15-32-34(27)12-20)11-30-26(24(23)29)19-7-5-18(6-8-19)10-28(4)13-35-14-28/h9,11-12,15-16,18-19,33H,5-8,10,13-14H2,1-4H3. The monoisotopic (exact) mass is 475 g/mol. The zero-order chi connectivity index (χ0) is 24.3. The fourth-order valence-electron chi connectivity index (χ4n) is 6.41.